The lowest BCUT2D eigenvalue weighted by Crippen LogP contribution is -2.06. The van der Waals surface area contributed by atoms with Gasteiger partial charge in [-0.3, -0.25) is 0 Å². The first kappa shape index (κ1) is 7.21. The van der Waals surface area contributed by atoms with Gasteiger partial charge in [0.1, 0.15) is 18.6 Å². The maximum atomic E-state index is 11.8. The fourth-order valence-corrected chi connectivity index (χ4v) is 0.767. The molecular formula is C6H9FN2O. The molecule has 56 valence electrons. The third kappa shape index (κ3) is 1.16. The van der Waals surface area contributed by atoms with Gasteiger partial charge in [-0.2, -0.15) is 0 Å². The Kier molecular flexibility index (Phi) is 2.01. The van der Waals surface area contributed by atoms with Crippen molar-refractivity contribution in [3.63, 3.8) is 0 Å². The summed E-state index contributed by atoms with van der Waals surface area (Å²) in [7, 11) is 1.71. The molecule has 3 nitrogen and oxygen atoms in total. The van der Waals surface area contributed by atoms with Crippen molar-refractivity contribution in [3.05, 3.63) is 18.2 Å². The largest absolute Gasteiger partial charge is 0.382 e. The Labute approximate surface area is 58.1 Å². The molecule has 0 aliphatic rings. The van der Waals surface area contributed by atoms with E-state index in [2.05, 4.69) is 4.98 Å². The van der Waals surface area contributed by atoms with E-state index in [0.717, 1.165) is 0 Å². The van der Waals surface area contributed by atoms with Crippen LogP contribution in [0, 0.1) is 0 Å². The van der Waals surface area contributed by atoms with Gasteiger partial charge in [-0.15, -0.1) is 0 Å². The third-order valence-electron chi connectivity index (χ3n) is 1.30. The first-order chi connectivity index (χ1) is 4.75. The van der Waals surface area contributed by atoms with Crippen molar-refractivity contribution in [1.29, 1.82) is 0 Å². The molecule has 1 atom stereocenters. The average molecular weight is 144 g/mol. The number of alkyl halides is 1. The molecule has 0 aliphatic heterocycles. The smallest absolute Gasteiger partial charge is 0.140 e. The van der Waals surface area contributed by atoms with Crippen molar-refractivity contribution in [2.45, 2.75) is 6.10 Å². The zero-order valence-corrected chi connectivity index (χ0v) is 5.66. The second-order valence-electron chi connectivity index (χ2n) is 2.07. The van der Waals surface area contributed by atoms with Crippen LogP contribution in [0.2, 0.25) is 0 Å². The van der Waals surface area contributed by atoms with E-state index >= 15 is 0 Å². The Balaban J connectivity index is 2.82. The first-order valence-electron chi connectivity index (χ1n) is 2.97. The van der Waals surface area contributed by atoms with E-state index < -0.39 is 12.8 Å². The number of nitrogens with zero attached hydrogens (tertiary/aromatic N) is 2. The number of aliphatic hydroxyl groups is 1. The highest BCUT2D eigenvalue weighted by Gasteiger charge is 2.10. The molecule has 0 spiro atoms. The number of aliphatic hydroxyl groups excluding tert-OH is 1. The van der Waals surface area contributed by atoms with Gasteiger partial charge in [-0.1, -0.05) is 0 Å². The van der Waals surface area contributed by atoms with E-state index in [0.29, 0.717) is 5.82 Å². The lowest BCUT2D eigenvalue weighted by Gasteiger charge is -2.04. The Morgan fingerprint density at radius 3 is 3.00 bits per heavy atom. The Morgan fingerprint density at radius 1 is 1.90 bits per heavy atom. The summed E-state index contributed by atoms with van der Waals surface area (Å²) >= 11 is 0. The van der Waals surface area contributed by atoms with E-state index in [1.54, 1.807) is 17.8 Å². The number of rotatable bonds is 2. The van der Waals surface area contributed by atoms with E-state index in [1.165, 1.54) is 6.20 Å². The van der Waals surface area contributed by atoms with Crippen LogP contribution in [-0.2, 0) is 7.05 Å². The van der Waals surface area contributed by atoms with Gasteiger partial charge in [0.25, 0.3) is 0 Å². The topological polar surface area (TPSA) is 38.0 Å². The maximum absolute atomic E-state index is 11.8. The molecule has 0 saturated carbocycles. The number of imidazole rings is 1. The minimum absolute atomic E-state index is 0.363. The summed E-state index contributed by atoms with van der Waals surface area (Å²) in [5, 5.41) is 8.94. The van der Waals surface area contributed by atoms with Gasteiger partial charge in [-0.25, -0.2) is 9.37 Å². The van der Waals surface area contributed by atoms with Gasteiger partial charge in [0.05, 0.1) is 0 Å². The number of aromatic nitrogens is 2. The van der Waals surface area contributed by atoms with Crippen LogP contribution in [0.25, 0.3) is 0 Å². The molecule has 1 heterocycles. The predicted octanol–water partition coefficient (Wildman–Crippen LogP) is 0.423. The van der Waals surface area contributed by atoms with Crippen molar-refractivity contribution in [2.24, 2.45) is 7.05 Å². The molecule has 0 fully saturated rings. The van der Waals surface area contributed by atoms with Crippen LogP contribution in [0.3, 0.4) is 0 Å². The molecule has 1 rings (SSSR count). The molecule has 1 N–H and O–H groups in total. The van der Waals surface area contributed by atoms with Gasteiger partial charge in [0.2, 0.25) is 0 Å². The van der Waals surface area contributed by atoms with Crippen LogP contribution >= 0.6 is 0 Å². The quantitative estimate of drug-likeness (QED) is 0.653. The van der Waals surface area contributed by atoms with Gasteiger partial charge in [0, 0.05) is 19.4 Å². The summed E-state index contributed by atoms with van der Waals surface area (Å²) in [5.74, 6) is 0.363. The van der Waals surface area contributed by atoms with Crippen molar-refractivity contribution in [1.82, 2.24) is 9.55 Å². The molecular weight excluding hydrogens is 135 g/mol. The number of aryl methyl sites for hydroxylation is 1. The highest BCUT2D eigenvalue weighted by atomic mass is 19.1. The normalized spacial score (nSPS) is 13.5. The molecule has 0 bridgehead atoms. The summed E-state index contributed by atoms with van der Waals surface area (Å²) in [6.45, 7) is -0.787. The summed E-state index contributed by atoms with van der Waals surface area (Å²) in [4.78, 5) is 3.76. The van der Waals surface area contributed by atoms with Gasteiger partial charge in [-0.05, 0) is 0 Å². The molecule has 0 aromatic carbocycles. The molecule has 0 saturated heterocycles. The van der Waals surface area contributed by atoms with Crippen LogP contribution in [-0.4, -0.2) is 21.3 Å². The predicted molar refractivity (Wildman–Crippen MR) is 34.1 cm³/mol. The van der Waals surface area contributed by atoms with Crippen molar-refractivity contribution >= 4 is 0 Å². The molecule has 4 heteroatoms. The van der Waals surface area contributed by atoms with E-state index in [9.17, 15) is 4.39 Å². The zero-order valence-electron chi connectivity index (χ0n) is 5.66. The molecule has 10 heavy (non-hydrogen) atoms. The molecule has 1 unspecified atom stereocenters. The lowest BCUT2D eigenvalue weighted by molar-refractivity contribution is 0.130. The van der Waals surface area contributed by atoms with Crippen LogP contribution in [0.1, 0.15) is 11.9 Å². The van der Waals surface area contributed by atoms with E-state index in [-0.39, 0.29) is 0 Å². The average Bonchev–Trinajstić information content (AvgIpc) is 2.34. The van der Waals surface area contributed by atoms with Gasteiger partial charge in [0.15, 0.2) is 0 Å². The van der Waals surface area contributed by atoms with Gasteiger partial charge >= 0.3 is 0 Å². The first-order valence-corrected chi connectivity index (χ1v) is 2.97. The number of hydrogen-bond donors (Lipinski definition) is 1. The fraction of sp³-hybridized carbons (Fsp3) is 0.500. The van der Waals surface area contributed by atoms with Crippen molar-refractivity contribution in [3.8, 4) is 0 Å². The zero-order chi connectivity index (χ0) is 7.56. The van der Waals surface area contributed by atoms with Crippen LogP contribution < -0.4 is 0 Å². The van der Waals surface area contributed by atoms with Crippen molar-refractivity contribution < 1.29 is 9.50 Å². The standard InChI is InChI=1S/C6H9FN2O/c1-9-3-2-8-6(9)5(10)4-7/h2-3,5,10H,4H2,1H3. The molecule has 0 radical (unpaired) electrons. The van der Waals surface area contributed by atoms with Crippen LogP contribution in [0.4, 0.5) is 4.39 Å². The van der Waals surface area contributed by atoms with Crippen LogP contribution in [0.15, 0.2) is 12.4 Å². The Morgan fingerprint density at radius 2 is 2.60 bits per heavy atom. The summed E-state index contributed by atoms with van der Waals surface area (Å²) in [6, 6.07) is 0. The van der Waals surface area contributed by atoms with E-state index in [1.807, 2.05) is 0 Å². The summed E-state index contributed by atoms with van der Waals surface area (Å²) < 4.78 is 13.4. The molecule has 0 aliphatic carbocycles. The number of hydrogen-bond acceptors (Lipinski definition) is 2. The monoisotopic (exact) mass is 144 g/mol. The molecule has 1 aromatic rings. The minimum atomic E-state index is -1.08. The summed E-state index contributed by atoms with van der Waals surface area (Å²) in [6.07, 6.45) is 2.10. The second kappa shape index (κ2) is 2.79. The van der Waals surface area contributed by atoms with Crippen LogP contribution in [0.5, 0.6) is 0 Å². The molecule has 1 aromatic heterocycles. The van der Waals surface area contributed by atoms with Gasteiger partial charge < -0.3 is 9.67 Å². The SMILES string of the molecule is Cn1ccnc1C(O)CF. The number of halogens is 1. The Hall–Kier alpha value is -0.900. The highest BCUT2D eigenvalue weighted by Crippen LogP contribution is 2.08. The van der Waals surface area contributed by atoms with E-state index in [4.69, 9.17) is 5.11 Å². The highest BCUT2D eigenvalue weighted by molar-refractivity contribution is 4.94. The Bertz CT molecular complexity index is 211. The fourth-order valence-electron chi connectivity index (χ4n) is 0.767. The van der Waals surface area contributed by atoms with Crippen molar-refractivity contribution in [2.75, 3.05) is 6.67 Å². The maximum Gasteiger partial charge on any atom is 0.140 e. The summed E-state index contributed by atoms with van der Waals surface area (Å²) in [5.41, 5.74) is 0. The second-order valence-corrected chi connectivity index (χ2v) is 2.07. The lowest BCUT2D eigenvalue weighted by atomic mass is 10.4. The minimum Gasteiger partial charge on any atom is -0.382 e. The third-order valence-corrected chi connectivity index (χ3v) is 1.30. The molecule has 0 amide bonds.